The molecule has 1 aliphatic heterocycles. The minimum Gasteiger partial charge on any atom is -0.340 e. The van der Waals surface area contributed by atoms with Crippen LogP contribution in [0.5, 0.6) is 0 Å². The molecule has 0 radical (unpaired) electrons. The van der Waals surface area contributed by atoms with E-state index in [1.54, 1.807) is 0 Å². The van der Waals surface area contributed by atoms with Gasteiger partial charge in [0, 0.05) is 25.5 Å². The number of nitrogens with zero attached hydrogens (tertiary/aromatic N) is 3. The van der Waals surface area contributed by atoms with Crippen LogP contribution in [0.2, 0.25) is 0 Å². The smallest absolute Gasteiger partial charge is 0.225 e. The zero-order chi connectivity index (χ0) is 12.3. The molecule has 3 heteroatoms. The monoisotopic (exact) mass is 233 g/mol. The average Bonchev–Trinajstić information content (AvgIpc) is 2.30. The Hall–Kier alpha value is -1.12. The first kappa shape index (κ1) is 12.3. The van der Waals surface area contributed by atoms with Crippen LogP contribution in [0, 0.1) is 12.3 Å². The third-order valence-corrected chi connectivity index (χ3v) is 3.68. The van der Waals surface area contributed by atoms with E-state index in [1.165, 1.54) is 25.7 Å². The van der Waals surface area contributed by atoms with Crippen LogP contribution >= 0.6 is 0 Å². The Balaban J connectivity index is 2.09. The number of rotatable bonds is 3. The maximum Gasteiger partial charge on any atom is 0.225 e. The summed E-state index contributed by atoms with van der Waals surface area (Å²) >= 11 is 0. The van der Waals surface area contributed by atoms with Gasteiger partial charge in [-0.1, -0.05) is 20.3 Å². The van der Waals surface area contributed by atoms with E-state index in [0.717, 1.165) is 24.6 Å². The van der Waals surface area contributed by atoms with Gasteiger partial charge in [-0.15, -0.1) is 0 Å². The summed E-state index contributed by atoms with van der Waals surface area (Å²) in [7, 11) is 0. The Labute approximate surface area is 104 Å². The zero-order valence-corrected chi connectivity index (χ0v) is 11.2. The molecule has 1 aromatic rings. The number of aromatic nitrogens is 2. The van der Waals surface area contributed by atoms with E-state index in [1.807, 2.05) is 19.3 Å². The summed E-state index contributed by atoms with van der Waals surface area (Å²) in [5.41, 5.74) is 1.57. The molecular formula is C14H23N3. The fraction of sp³-hybridized carbons (Fsp3) is 0.714. The lowest BCUT2D eigenvalue weighted by Crippen LogP contribution is -2.42. The lowest BCUT2D eigenvalue weighted by Gasteiger charge is -2.40. The molecule has 1 fully saturated rings. The van der Waals surface area contributed by atoms with Crippen LogP contribution in [0.25, 0.3) is 0 Å². The van der Waals surface area contributed by atoms with Gasteiger partial charge in [-0.3, -0.25) is 0 Å². The number of anilines is 1. The highest BCUT2D eigenvalue weighted by atomic mass is 15.3. The highest BCUT2D eigenvalue weighted by molar-refractivity contribution is 5.31. The molecule has 0 aromatic carbocycles. The first-order valence-electron chi connectivity index (χ1n) is 6.66. The van der Waals surface area contributed by atoms with Crippen LogP contribution < -0.4 is 4.90 Å². The molecule has 1 aliphatic rings. The van der Waals surface area contributed by atoms with Crippen molar-refractivity contribution in [1.29, 1.82) is 0 Å². The van der Waals surface area contributed by atoms with E-state index in [9.17, 15) is 0 Å². The highest BCUT2D eigenvalue weighted by Crippen LogP contribution is 2.34. The molecule has 3 nitrogen and oxygen atoms in total. The molecule has 17 heavy (non-hydrogen) atoms. The van der Waals surface area contributed by atoms with E-state index in [4.69, 9.17) is 0 Å². The molecule has 94 valence electrons. The van der Waals surface area contributed by atoms with Crippen molar-refractivity contribution >= 4 is 5.95 Å². The quantitative estimate of drug-likeness (QED) is 0.803. The summed E-state index contributed by atoms with van der Waals surface area (Å²) < 4.78 is 0. The van der Waals surface area contributed by atoms with Crippen LogP contribution in [-0.4, -0.2) is 23.1 Å². The molecule has 2 rings (SSSR count). The maximum absolute atomic E-state index is 4.44. The highest BCUT2D eigenvalue weighted by Gasteiger charge is 2.31. The van der Waals surface area contributed by atoms with Crippen molar-refractivity contribution in [3.8, 4) is 0 Å². The van der Waals surface area contributed by atoms with Crippen LogP contribution in [0.1, 0.15) is 45.1 Å². The van der Waals surface area contributed by atoms with E-state index < -0.39 is 0 Å². The summed E-state index contributed by atoms with van der Waals surface area (Å²) in [5, 5.41) is 0. The van der Waals surface area contributed by atoms with Gasteiger partial charge in [0.1, 0.15) is 0 Å². The summed E-state index contributed by atoms with van der Waals surface area (Å²) in [5.74, 6) is 0.901. The van der Waals surface area contributed by atoms with Gasteiger partial charge in [0.2, 0.25) is 5.95 Å². The summed E-state index contributed by atoms with van der Waals surface area (Å²) in [6.07, 6.45) is 8.98. The summed E-state index contributed by atoms with van der Waals surface area (Å²) in [6, 6.07) is 0. The Bertz CT molecular complexity index is 356. The molecule has 0 amide bonds. The van der Waals surface area contributed by atoms with Crippen molar-refractivity contribution in [2.24, 2.45) is 5.41 Å². The van der Waals surface area contributed by atoms with Crippen molar-refractivity contribution in [2.45, 2.75) is 46.5 Å². The van der Waals surface area contributed by atoms with Crippen LogP contribution in [-0.2, 0) is 0 Å². The number of hydrogen-bond acceptors (Lipinski definition) is 3. The van der Waals surface area contributed by atoms with Gasteiger partial charge in [-0.2, -0.15) is 0 Å². The predicted octanol–water partition coefficient (Wildman–Crippen LogP) is 3.19. The molecule has 0 aliphatic carbocycles. The van der Waals surface area contributed by atoms with E-state index >= 15 is 0 Å². The Morgan fingerprint density at radius 2 is 2.06 bits per heavy atom. The van der Waals surface area contributed by atoms with Crippen molar-refractivity contribution in [2.75, 3.05) is 18.0 Å². The second kappa shape index (κ2) is 5.03. The molecule has 0 bridgehead atoms. The van der Waals surface area contributed by atoms with Gasteiger partial charge in [-0.05, 0) is 37.2 Å². The zero-order valence-electron chi connectivity index (χ0n) is 11.2. The molecule has 1 aromatic heterocycles. The molecule has 1 atom stereocenters. The fourth-order valence-electron chi connectivity index (χ4n) is 2.84. The van der Waals surface area contributed by atoms with Gasteiger partial charge in [0.25, 0.3) is 0 Å². The number of piperidine rings is 1. The topological polar surface area (TPSA) is 29.0 Å². The first-order valence-corrected chi connectivity index (χ1v) is 6.66. The van der Waals surface area contributed by atoms with Crippen molar-refractivity contribution < 1.29 is 0 Å². The third kappa shape index (κ3) is 2.96. The van der Waals surface area contributed by atoms with E-state index in [2.05, 4.69) is 28.7 Å². The Morgan fingerprint density at radius 1 is 1.35 bits per heavy atom. The molecule has 0 saturated carbocycles. The normalized spacial score (nSPS) is 25.0. The Kier molecular flexibility index (Phi) is 3.65. The minimum atomic E-state index is 0.446. The molecule has 1 saturated heterocycles. The van der Waals surface area contributed by atoms with Gasteiger partial charge >= 0.3 is 0 Å². The summed E-state index contributed by atoms with van der Waals surface area (Å²) in [4.78, 5) is 11.2. The number of hydrogen-bond donors (Lipinski definition) is 0. The maximum atomic E-state index is 4.44. The molecule has 0 N–H and O–H groups in total. The fourth-order valence-corrected chi connectivity index (χ4v) is 2.84. The average molecular weight is 233 g/mol. The van der Waals surface area contributed by atoms with Crippen LogP contribution in [0.3, 0.4) is 0 Å². The van der Waals surface area contributed by atoms with E-state index in [0.29, 0.717) is 5.41 Å². The molecular weight excluding hydrogens is 210 g/mol. The van der Waals surface area contributed by atoms with E-state index in [-0.39, 0.29) is 0 Å². The Morgan fingerprint density at radius 3 is 2.71 bits per heavy atom. The van der Waals surface area contributed by atoms with Gasteiger partial charge < -0.3 is 4.90 Å². The SMILES string of the molecule is CCCC1(C)CCCN(c2ncc(C)cn2)C1. The van der Waals surface area contributed by atoms with Gasteiger partial charge in [0.15, 0.2) is 0 Å². The van der Waals surface area contributed by atoms with Crippen LogP contribution in [0.15, 0.2) is 12.4 Å². The lowest BCUT2D eigenvalue weighted by atomic mass is 9.78. The second-order valence-electron chi connectivity index (χ2n) is 5.65. The standard InChI is InChI=1S/C14H23N3/c1-4-6-14(3)7-5-8-17(11-14)13-15-9-12(2)10-16-13/h9-10H,4-8,11H2,1-3H3. The van der Waals surface area contributed by atoms with Crippen molar-refractivity contribution in [3.05, 3.63) is 18.0 Å². The van der Waals surface area contributed by atoms with Gasteiger partial charge in [-0.25, -0.2) is 9.97 Å². The molecule has 2 heterocycles. The molecule has 0 spiro atoms. The van der Waals surface area contributed by atoms with Crippen LogP contribution in [0.4, 0.5) is 5.95 Å². The molecule has 1 unspecified atom stereocenters. The van der Waals surface area contributed by atoms with Crippen molar-refractivity contribution in [3.63, 3.8) is 0 Å². The number of aryl methyl sites for hydroxylation is 1. The largest absolute Gasteiger partial charge is 0.340 e. The van der Waals surface area contributed by atoms with Gasteiger partial charge in [0.05, 0.1) is 0 Å². The predicted molar refractivity (Wildman–Crippen MR) is 71.2 cm³/mol. The first-order chi connectivity index (χ1) is 8.13. The lowest BCUT2D eigenvalue weighted by molar-refractivity contribution is 0.237. The third-order valence-electron chi connectivity index (χ3n) is 3.68. The second-order valence-corrected chi connectivity index (χ2v) is 5.65. The minimum absolute atomic E-state index is 0.446. The summed E-state index contributed by atoms with van der Waals surface area (Å²) in [6.45, 7) is 8.90. The van der Waals surface area contributed by atoms with Crippen molar-refractivity contribution in [1.82, 2.24) is 9.97 Å².